The van der Waals surface area contributed by atoms with E-state index in [1.807, 2.05) is 0 Å². The lowest BCUT2D eigenvalue weighted by Gasteiger charge is -2.02. The number of hydrogen-bond acceptors (Lipinski definition) is 5. The Morgan fingerprint density at radius 3 is 2.29 bits per heavy atom. The minimum absolute atomic E-state index is 0.100. The molecule has 0 radical (unpaired) electrons. The van der Waals surface area contributed by atoms with Crippen molar-refractivity contribution < 1.29 is 31.5 Å². The van der Waals surface area contributed by atoms with E-state index < -0.39 is 37.9 Å². The maximum Gasteiger partial charge on any atom is 0.435 e. The minimum Gasteiger partial charge on any atom is -0.477 e. The highest BCUT2D eigenvalue weighted by atomic mass is 32.2. The summed E-state index contributed by atoms with van der Waals surface area (Å²) in [5.74, 6) is -1.82. The Hall–Kier alpha value is -1.36. The quantitative estimate of drug-likeness (QED) is 0.872. The normalized spacial score (nSPS) is 12.5. The smallest absolute Gasteiger partial charge is 0.435 e. The molecule has 17 heavy (non-hydrogen) atoms. The van der Waals surface area contributed by atoms with E-state index in [1.165, 1.54) is 0 Å². The number of aromatic carboxylic acids is 1. The molecule has 1 aromatic heterocycles. The fraction of sp³-hybridized carbons (Fsp3) is 0.333. The Bertz CT molecular complexity index is 548. The number of rotatable bonds is 3. The average Bonchev–Trinajstić information content (AvgIpc) is 2.43. The number of carbonyl (C=O) groups is 1. The van der Waals surface area contributed by atoms with E-state index >= 15 is 0 Å². The van der Waals surface area contributed by atoms with Crippen LogP contribution in [0.15, 0.2) is 0 Å². The molecule has 0 aromatic carbocycles. The van der Waals surface area contributed by atoms with Gasteiger partial charge in [0.05, 0.1) is 6.26 Å². The van der Waals surface area contributed by atoms with Crippen molar-refractivity contribution in [3.8, 4) is 0 Å². The summed E-state index contributed by atoms with van der Waals surface area (Å²) in [5.41, 5.74) is -1.62. The van der Waals surface area contributed by atoms with Gasteiger partial charge in [0, 0.05) is 0 Å². The van der Waals surface area contributed by atoms with E-state index in [9.17, 15) is 26.4 Å². The lowest BCUT2D eigenvalue weighted by Crippen LogP contribution is -2.12. The van der Waals surface area contributed by atoms with Crippen LogP contribution < -0.4 is 4.72 Å². The molecular formula is C6H5F3N2O4S2. The van der Waals surface area contributed by atoms with Gasteiger partial charge in [0.15, 0.2) is 10.8 Å². The molecule has 0 saturated heterocycles. The molecule has 0 spiro atoms. The van der Waals surface area contributed by atoms with Crippen LogP contribution >= 0.6 is 11.3 Å². The van der Waals surface area contributed by atoms with Crippen LogP contribution in [-0.2, 0) is 16.2 Å². The number of sulfonamides is 1. The highest BCUT2D eigenvalue weighted by molar-refractivity contribution is 7.92. The number of halogens is 3. The predicted molar refractivity (Wildman–Crippen MR) is 52.5 cm³/mol. The summed E-state index contributed by atoms with van der Waals surface area (Å²) < 4.78 is 60.3. The lowest BCUT2D eigenvalue weighted by molar-refractivity contribution is -0.141. The van der Waals surface area contributed by atoms with Crippen LogP contribution in [0.2, 0.25) is 0 Å². The van der Waals surface area contributed by atoms with Gasteiger partial charge in [-0.05, 0) is 0 Å². The number of alkyl halides is 3. The van der Waals surface area contributed by atoms with Gasteiger partial charge in [-0.3, -0.25) is 4.72 Å². The third kappa shape index (κ3) is 3.56. The number of aromatic nitrogens is 1. The predicted octanol–water partition coefficient (Wildman–Crippen LogP) is 1.23. The zero-order valence-electron chi connectivity index (χ0n) is 8.07. The van der Waals surface area contributed by atoms with E-state index in [2.05, 4.69) is 4.98 Å². The molecule has 0 aliphatic heterocycles. The zero-order chi connectivity index (χ0) is 13.4. The maximum atomic E-state index is 12.4. The number of thiazole rings is 1. The third-order valence-corrected chi connectivity index (χ3v) is 3.01. The Labute approximate surface area is 97.1 Å². The van der Waals surface area contributed by atoms with Gasteiger partial charge in [-0.2, -0.15) is 13.2 Å². The molecule has 6 nitrogen and oxygen atoms in total. The molecule has 96 valence electrons. The van der Waals surface area contributed by atoms with Crippen LogP contribution in [0.4, 0.5) is 18.3 Å². The Morgan fingerprint density at radius 1 is 1.47 bits per heavy atom. The summed E-state index contributed by atoms with van der Waals surface area (Å²) in [4.78, 5) is 12.4. The zero-order valence-corrected chi connectivity index (χ0v) is 9.70. The SMILES string of the molecule is CS(=O)(=O)Nc1nc(C(F)(F)F)c(C(=O)O)s1. The second-order valence-corrected chi connectivity index (χ2v) is 5.62. The lowest BCUT2D eigenvalue weighted by atomic mass is 10.3. The van der Waals surface area contributed by atoms with Gasteiger partial charge in [0.25, 0.3) is 0 Å². The second-order valence-electron chi connectivity index (χ2n) is 2.87. The van der Waals surface area contributed by atoms with Crippen molar-refractivity contribution in [1.82, 2.24) is 4.98 Å². The largest absolute Gasteiger partial charge is 0.477 e. The molecule has 0 aliphatic rings. The van der Waals surface area contributed by atoms with Crippen LogP contribution in [0.1, 0.15) is 15.4 Å². The van der Waals surface area contributed by atoms with Crippen molar-refractivity contribution >= 4 is 32.5 Å². The summed E-state index contributed by atoms with van der Waals surface area (Å²) in [7, 11) is -3.81. The molecular weight excluding hydrogens is 285 g/mol. The van der Waals surface area contributed by atoms with Crippen LogP contribution in [0.3, 0.4) is 0 Å². The van der Waals surface area contributed by atoms with Gasteiger partial charge in [-0.1, -0.05) is 11.3 Å². The van der Waals surface area contributed by atoms with Crippen molar-refractivity contribution in [3.05, 3.63) is 10.6 Å². The van der Waals surface area contributed by atoms with Crippen molar-refractivity contribution in [2.24, 2.45) is 0 Å². The van der Waals surface area contributed by atoms with Gasteiger partial charge in [0.2, 0.25) is 10.0 Å². The van der Waals surface area contributed by atoms with E-state index in [-0.39, 0.29) is 11.3 Å². The monoisotopic (exact) mass is 290 g/mol. The maximum absolute atomic E-state index is 12.4. The number of carboxylic acids is 1. The first-order chi connectivity index (χ1) is 7.50. The number of nitrogens with one attached hydrogen (secondary N) is 1. The third-order valence-electron chi connectivity index (χ3n) is 1.36. The molecule has 0 unspecified atom stereocenters. The number of carboxylic acid groups (broad SMARTS) is 1. The minimum atomic E-state index is -4.96. The number of nitrogens with zero attached hydrogens (tertiary/aromatic N) is 1. The highest BCUT2D eigenvalue weighted by Crippen LogP contribution is 2.36. The molecule has 0 aliphatic carbocycles. The summed E-state index contributed by atoms with van der Waals surface area (Å²) >= 11 is 0.100. The highest BCUT2D eigenvalue weighted by Gasteiger charge is 2.40. The standard InChI is InChI=1S/C6H5F3N2O4S2/c1-17(14,15)11-5-10-3(6(7,8)9)2(16-5)4(12)13/h1H3,(H,10,11)(H,12,13). The molecule has 0 saturated carbocycles. The summed E-state index contributed by atoms with van der Waals surface area (Å²) in [6.45, 7) is 0. The molecule has 0 bridgehead atoms. The van der Waals surface area contributed by atoms with E-state index in [0.717, 1.165) is 0 Å². The van der Waals surface area contributed by atoms with Crippen LogP contribution in [-0.4, -0.2) is 30.7 Å². The summed E-state index contributed by atoms with van der Waals surface area (Å²) in [6.07, 6.45) is -4.25. The van der Waals surface area contributed by atoms with Gasteiger partial charge in [-0.15, -0.1) is 0 Å². The van der Waals surface area contributed by atoms with Gasteiger partial charge < -0.3 is 5.11 Å². The second kappa shape index (κ2) is 4.14. The Kier molecular flexibility index (Phi) is 3.34. The summed E-state index contributed by atoms with van der Waals surface area (Å²) in [5, 5.41) is 7.89. The van der Waals surface area contributed by atoms with Crippen LogP contribution in [0.25, 0.3) is 0 Å². The van der Waals surface area contributed by atoms with E-state index in [0.29, 0.717) is 6.26 Å². The van der Waals surface area contributed by atoms with Crippen molar-refractivity contribution in [2.75, 3.05) is 11.0 Å². The molecule has 2 N–H and O–H groups in total. The Balaban J connectivity index is 3.27. The molecule has 0 fully saturated rings. The van der Waals surface area contributed by atoms with Crippen molar-refractivity contribution in [2.45, 2.75) is 6.18 Å². The summed E-state index contributed by atoms with van der Waals surface area (Å²) in [6, 6.07) is 0. The van der Waals surface area contributed by atoms with Crippen molar-refractivity contribution in [3.63, 3.8) is 0 Å². The molecule has 0 amide bonds. The van der Waals surface area contributed by atoms with Crippen LogP contribution in [0.5, 0.6) is 0 Å². The fourth-order valence-corrected chi connectivity index (χ4v) is 2.52. The first-order valence-electron chi connectivity index (χ1n) is 3.80. The number of hydrogen-bond donors (Lipinski definition) is 2. The van der Waals surface area contributed by atoms with Crippen LogP contribution in [0, 0.1) is 0 Å². The van der Waals surface area contributed by atoms with E-state index in [1.54, 1.807) is 4.72 Å². The van der Waals surface area contributed by atoms with E-state index in [4.69, 9.17) is 5.11 Å². The Morgan fingerprint density at radius 2 is 2.00 bits per heavy atom. The molecule has 1 rings (SSSR count). The average molecular weight is 290 g/mol. The first kappa shape index (κ1) is 13.7. The molecule has 1 aromatic rings. The molecule has 0 atom stereocenters. The van der Waals surface area contributed by atoms with Crippen molar-refractivity contribution in [1.29, 1.82) is 0 Å². The number of anilines is 1. The fourth-order valence-electron chi connectivity index (χ4n) is 0.859. The topological polar surface area (TPSA) is 96.4 Å². The first-order valence-corrected chi connectivity index (χ1v) is 6.50. The van der Waals surface area contributed by atoms with Gasteiger partial charge in [0.1, 0.15) is 4.88 Å². The molecule has 1 heterocycles. The molecule has 11 heteroatoms. The van der Waals surface area contributed by atoms with Gasteiger partial charge >= 0.3 is 12.1 Å². The van der Waals surface area contributed by atoms with Gasteiger partial charge in [-0.25, -0.2) is 18.2 Å².